The molecule has 0 aliphatic heterocycles. The van der Waals surface area contributed by atoms with E-state index in [9.17, 15) is 14.4 Å². The van der Waals surface area contributed by atoms with Gasteiger partial charge in [-0.25, -0.2) is 0 Å². The Labute approximate surface area is 354 Å². The minimum absolute atomic E-state index is 0.124. The molecule has 7 nitrogen and oxygen atoms in total. The first-order valence-electron chi connectivity index (χ1n) is 24.0. The van der Waals surface area contributed by atoms with Crippen LogP contribution >= 0.6 is 0 Å². The average Bonchev–Trinajstić information content (AvgIpc) is 3.23. The summed E-state index contributed by atoms with van der Waals surface area (Å²) in [5, 5.41) is 2.02. The van der Waals surface area contributed by atoms with Gasteiger partial charge >= 0.3 is 17.9 Å². The molecule has 0 spiro atoms. The van der Waals surface area contributed by atoms with Gasteiger partial charge in [0.25, 0.3) is 0 Å². The Balaban J connectivity index is 1.72. The van der Waals surface area contributed by atoms with Gasteiger partial charge < -0.3 is 18.9 Å². The molecule has 0 bridgehead atoms. The van der Waals surface area contributed by atoms with Crippen molar-refractivity contribution in [3.05, 3.63) is 42.0 Å². The molecule has 2 atom stereocenters. The number of fused-ring (bicyclic) bond motifs is 1. The maximum absolute atomic E-state index is 13.2. The number of ether oxygens (including phenoxy) is 4. The molecule has 0 fully saturated rings. The SMILES string of the molecule is CCCCCCCCCCCCCCCCC(=O)OCC(COC(=O)C(C)c1ccc2cc(OC)ccc2c1)OC(=O)CCCCCCCCCCCCCCCC. The van der Waals surface area contributed by atoms with E-state index in [0.717, 1.165) is 60.6 Å². The number of methoxy groups -OCH3 is 1. The Morgan fingerprint density at radius 1 is 0.483 bits per heavy atom. The Hall–Kier alpha value is -3.09. The van der Waals surface area contributed by atoms with Crippen molar-refractivity contribution in [2.45, 2.75) is 225 Å². The highest BCUT2D eigenvalue weighted by Gasteiger charge is 2.23. The summed E-state index contributed by atoms with van der Waals surface area (Å²) in [7, 11) is 1.64. The molecule has 330 valence electrons. The minimum atomic E-state index is -0.848. The third kappa shape index (κ3) is 25.4. The number of hydrogen-bond donors (Lipinski definition) is 0. The molecular weight excluding hydrogens is 725 g/mol. The molecule has 7 heteroatoms. The Kier molecular flexibility index (Phi) is 30.6. The van der Waals surface area contributed by atoms with Gasteiger partial charge in [-0.05, 0) is 48.2 Å². The van der Waals surface area contributed by atoms with Crippen LogP contribution in [0.5, 0.6) is 5.75 Å². The van der Waals surface area contributed by atoms with Crippen molar-refractivity contribution >= 4 is 28.7 Å². The fourth-order valence-electron chi connectivity index (χ4n) is 7.62. The summed E-state index contributed by atoms with van der Waals surface area (Å²) in [5.74, 6) is -0.825. The second-order valence-electron chi connectivity index (χ2n) is 16.8. The highest BCUT2D eigenvalue weighted by Crippen LogP contribution is 2.26. The Morgan fingerprint density at radius 2 is 0.879 bits per heavy atom. The van der Waals surface area contributed by atoms with Crippen LogP contribution in [0.3, 0.4) is 0 Å². The largest absolute Gasteiger partial charge is 0.497 e. The van der Waals surface area contributed by atoms with Crippen molar-refractivity contribution < 1.29 is 33.3 Å². The number of hydrogen-bond acceptors (Lipinski definition) is 7. The number of benzene rings is 2. The van der Waals surface area contributed by atoms with E-state index < -0.39 is 18.0 Å². The van der Waals surface area contributed by atoms with E-state index >= 15 is 0 Å². The number of carbonyl (C=O) groups excluding carboxylic acids is 3. The minimum Gasteiger partial charge on any atom is -0.497 e. The summed E-state index contributed by atoms with van der Waals surface area (Å²) in [4.78, 5) is 38.8. The normalized spacial score (nSPS) is 12.3. The maximum atomic E-state index is 13.2. The molecule has 2 aromatic carbocycles. The molecule has 0 aromatic heterocycles. The van der Waals surface area contributed by atoms with Crippen molar-refractivity contribution in [2.75, 3.05) is 20.3 Å². The molecule has 0 heterocycles. The zero-order valence-electron chi connectivity index (χ0n) is 37.6. The van der Waals surface area contributed by atoms with E-state index in [1.807, 2.05) is 36.4 Å². The van der Waals surface area contributed by atoms with E-state index in [1.165, 1.54) is 141 Å². The molecule has 2 rings (SSSR count). The molecule has 2 unspecified atom stereocenters. The van der Waals surface area contributed by atoms with Crippen LogP contribution in [0, 0.1) is 0 Å². The van der Waals surface area contributed by atoms with Gasteiger partial charge in [0.2, 0.25) is 0 Å². The van der Waals surface area contributed by atoms with Crippen LogP contribution in [0.2, 0.25) is 0 Å². The third-order valence-corrected chi connectivity index (χ3v) is 11.5. The first-order valence-corrected chi connectivity index (χ1v) is 24.0. The van der Waals surface area contributed by atoms with Crippen LogP contribution in [-0.2, 0) is 28.6 Å². The maximum Gasteiger partial charge on any atom is 0.313 e. The van der Waals surface area contributed by atoms with E-state index in [4.69, 9.17) is 18.9 Å². The molecule has 58 heavy (non-hydrogen) atoms. The lowest BCUT2D eigenvalue weighted by atomic mass is 9.98. The molecule has 0 saturated carbocycles. The van der Waals surface area contributed by atoms with Crippen molar-refractivity contribution in [3.63, 3.8) is 0 Å². The molecule has 0 aliphatic rings. The Bertz CT molecular complexity index is 1340. The average molecular weight is 809 g/mol. The highest BCUT2D eigenvalue weighted by atomic mass is 16.6. The lowest BCUT2D eigenvalue weighted by molar-refractivity contribution is -0.167. The monoisotopic (exact) mass is 809 g/mol. The van der Waals surface area contributed by atoms with Gasteiger partial charge in [-0.2, -0.15) is 0 Å². The second-order valence-corrected chi connectivity index (χ2v) is 16.8. The smallest absolute Gasteiger partial charge is 0.313 e. The van der Waals surface area contributed by atoms with E-state index in [-0.39, 0.29) is 25.2 Å². The van der Waals surface area contributed by atoms with Crippen molar-refractivity contribution in [1.82, 2.24) is 0 Å². The van der Waals surface area contributed by atoms with Crippen molar-refractivity contribution in [1.29, 1.82) is 0 Å². The van der Waals surface area contributed by atoms with Crippen LogP contribution < -0.4 is 4.74 Å². The summed E-state index contributed by atoms with van der Waals surface area (Å²) in [5.41, 5.74) is 0.827. The number of esters is 3. The van der Waals surface area contributed by atoms with Gasteiger partial charge in [-0.15, -0.1) is 0 Å². The quantitative estimate of drug-likeness (QED) is 0.0379. The topological polar surface area (TPSA) is 88.1 Å². The Morgan fingerprint density at radius 3 is 1.34 bits per heavy atom. The molecule has 0 aliphatic carbocycles. The van der Waals surface area contributed by atoms with Crippen LogP contribution in [0.25, 0.3) is 10.8 Å². The predicted octanol–water partition coefficient (Wildman–Crippen LogP) is 14.7. The fraction of sp³-hybridized carbons (Fsp3) is 0.745. The number of unbranched alkanes of at least 4 members (excludes halogenated alkanes) is 26. The summed E-state index contributed by atoms with van der Waals surface area (Å²) >= 11 is 0. The van der Waals surface area contributed by atoms with Gasteiger partial charge in [0.15, 0.2) is 6.10 Å². The lowest BCUT2D eigenvalue weighted by Gasteiger charge is -2.20. The molecule has 0 radical (unpaired) electrons. The molecule has 0 amide bonds. The summed E-state index contributed by atoms with van der Waals surface area (Å²) in [6.07, 6.45) is 34.8. The summed E-state index contributed by atoms with van der Waals surface area (Å²) in [6, 6.07) is 11.7. The lowest BCUT2D eigenvalue weighted by Crippen LogP contribution is -2.31. The third-order valence-electron chi connectivity index (χ3n) is 11.5. The van der Waals surface area contributed by atoms with Crippen molar-refractivity contribution in [2.24, 2.45) is 0 Å². The standard InChI is InChI=1S/C51H84O7/c1-5-7-9-11-13-15-17-19-21-23-25-27-29-31-33-49(52)56-41-48(58-50(53)34-32-30-28-26-24-22-20-18-16-14-12-10-8-6-2)42-57-51(54)43(3)44-35-36-46-40-47(55-4)38-37-45(46)39-44/h35-40,43,48H,5-34,41-42H2,1-4H3. The number of carbonyl (C=O) groups is 3. The first-order chi connectivity index (χ1) is 28.4. The van der Waals surface area contributed by atoms with E-state index in [0.29, 0.717) is 12.8 Å². The van der Waals surface area contributed by atoms with Crippen LogP contribution in [0.1, 0.15) is 225 Å². The van der Waals surface area contributed by atoms with E-state index in [2.05, 4.69) is 13.8 Å². The van der Waals surface area contributed by atoms with E-state index in [1.54, 1.807) is 14.0 Å². The molecule has 2 aromatic rings. The predicted molar refractivity (Wildman–Crippen MR) is 241 cm³/mol. The van der Waals surface area contributed by atoms with Gasteiger partial charge in [0, 0.05) is 12.8 Å². The van der Waals surface area contributed by atoms with Crippen LogP contribution in [0.15, 0.2) is 36.4 Å². The van der Waals surface area contributed by atoms with Crippen LogP contribution in [0.4, 0.5) is 0 Å². The van der Waals surface area contributed by atoms with Gasteiger partial charge in [-0.3, -0.25) is 14.4 Å². The fourth-order valence-corrected chi connectivity index (χ4v) is 7.62. The van der Waals surface area contributed by atoms with Crippen LogP contribution in [-0.4, -0.2) is 44.3 Å². The summed E-state index contributed by atoms with van der Waals surface area (Å²) in [6.45, 7) is 6.05. The van der Waals surface area contributed by atoms with Gasteiger partial charge in [0.1, 0.15) is 19.0 Å². The van der Waals surface area contributed by atoms with Gasteiger partial charge in [0.05, 0.1) is 13.0 Å². The molecule has 0 saturated heterocycles. The first kappa shape index (κ1) is 51.1. The zero-order chi connectivity index (χ0) is 41.9. The second kappa shape index (κ2) is 34.7. The molecule has 0 N–H and O–H groups in total. The zero-order valence-corrected chi connectivity index (χ0v) is 37.6. The summed E-state index contributed by atoms with van der Waals surface area (Å²) < 4.78 is 22.3. The molecular formula is C51H84O7. The van der Waals surface area contributed by atoms with Gasteiger partial charge in [-0.1, -0.05) is 205 Å². The number of rotatable bonds is 38. The highest BCUT2D eigenvalue weighted by molar-refractivity contribution is 5.86. The van der Waals surface area contributed by atoms with Crippen molar-refractivity contribution in [3.8, 4) is 5.75 Å².